The molecule has 0 fully saturated rings. The van der Waals surface area contributed by atoms with Crippen LogP contribution < -0.4 is 0 Å². The van der Waals surface area contributed by atoms with Gasteiger partial charge in [-0.1, -0.05) is 115 Å². The Morgan fingerprint density at radius 3 is 1.97 bits per heavy atom. The average Bonchev–Trinajstić information content (AvgIpc) is 3.16. The Bertz CT molecular complexity index is 690. The molecule has 0 aromatic heterocycles. The van der Waals surface area contributed by atoms with Gasteiger partial charge in [0, 0.05) is 37.2 Å². The number of Topliss-reactive ketones (excluding diaryl/α,β-unsaturated/α-hetero) is 1. The Balaban J connectivity index is 1.23. The van der Waals surface area contributed by atoms with Gasteiger partial charge >= 0.3 is 0 Å². The topological polar surface area (TPSA) is 20.3 Å². The van der Waals surface area contributed by atoms with Gasteiger partial charge in [0.2, 0.25) is 0 Å². The summed E-state index contributed by atoms with van der Waals surface area (Å²) < 4.78 is 0. The Morgan fingerprint density at radius 2 is 1.33 bits per heavy atom. The van der Waals surface area contributed by atoms with Gasteiger partial charge in [-0.25, -0.2) is 0 Å². The second-order valence-electron chi connectivity index (χ2n) is 9.41. The average molecular weight is 410 g/mol. The first kappa shape index (κ1) is 23.1. The highest BCUT2D eigenvalue weighted by atomic mass is 16.1. The molecule has 0 unspecified atom stereocenters. The molecule has 1 aromatic carbocycles. The van der Waals surface area contributed by atoms with Crippen molar-refractivity contribution in [3.8, 4) is 0 Å². The summed E-state index contributed by atoms with van der Waals surface area (Å²) >= 11 is 0. The molecule has 1 heterocycles. The summed E-state index contributed by atoms with van der Waals surface area (Å²) in [5.74, 6) is 0.354. The zero-order valence-electron chi connectivity index (χ0n) is 19.4. The minimum atomic E-state index is 0.354. The van der Waals surface area contributed by atoms with E-state index in [0.29, 0.717) is 12.2 Å². The molecule has 0 saturated heterocycles. The molecule has 1 aromatic rings. The number of nitrogens with zero attached hydrogens (tertiary/aromatic N) is 1. The molecule has 30 heavy (non-hydrogen) atoms. The van der Waals surface area contributed by atoms with Crippen LogP contribution in [0.5, 0.6) is 0 Å². The van der Waals surface area contributed by atoms with Gasteiger partial charge in [-0.05, 0) is 17.5 Å². The molecule has 0 radical (unpaired) electrons. The fraction of sp³-hybridized carbons (Fsp3) is 0.679. The third kappa shape index (κ3) is 6.72. The minimum absolute atomic E-state index is 0.354. The fourth-order valence-electron chi connectivity index (χ4n) is 5.16. The summed E-state index contributed by atoms with van der Waals surface area (Å²) in [6, 6.07) is 8.48. The van der Waals surface area contributed by atoms with E-state index < -0.39 is 0 Å². The van der Waals surface area contributed by atoms with Crippen LogP contribution in [0.4, 0.5) is 0 Å². The lowest BCUT2D eigenvalue weighted by Crippen LogP contribution is -2.32. The highest BCUT2D eigenvalue weighted by Gasteiger charge is 2.32. The zero-order chi connectivity index (χ0) is 21.0. The van der Waals surface area contributed by atoms with E-state index in [2.05, 4.69) is 36.1 Å². The van der Waals surface area contributed by atoms with Crippen LogP contribution in [0.2, 0.25) is 0 Å². The molecule has 0 saturated carbocycles. The lowest BCUT2D eigenvalue weighted by atomic mass is 9.98. The van der Waals surface area contributed by atoms with E-state index in [-0.39, 0.29) is 0 Å². The third-order valence-electron chi connectivity index (χ3n) is 6.98. The van der Waals surface area contributed by atoms with Crippen LogP contribution in [0, 0.1) is 0 Å². The monoisotopic (exact) mass is 409 g/mol. The van der Waals surface area contributed by atoms with Crippen molar-refractivity contribution >= 4 is 11.4 Å². The summed E-state index contributed by atoms with van der Waals surface area (Å²) in [5.41, 5.74) is 4.87. The zero-order valence-corrected chi connectivity index (χ0v) is 19.4. The number of unbranched alkanes of at least 4 members (excludes halogenated alkanes) is 13. The van der Waals surface area contributed by atoms with Crippen molar-refractivity contribution in [2.45, 2.75) is 110 Å². The molecule has 2 nitrogen and oxygen atoms in total. The standard InChI is InChI=1S/C28H43NO/c1-2-3-4-5-6-7-8-9-10-11-12-13-14-17-21-29-22-20-27(30)28-25-19-16-15-18-24(25)23-26(28)29/h15-16,18-19H,2-14,17,20-23H2,1H3. The maximum atomic E-state index is 12.5. The molecule has 3 rings (SSSR count). The predicted molar refractivity (Wildman–Crippen MR) is 129 cm³/mol. The van der Waals surface area contributed by atoms with Gasteiger partial charge in [-0.2, -0.15) is 0 Å². The van der Waals surface area contributed by atoms with Crippen molar-refractivity contribution in [1.82, 2.24) is 4.90 Å². The van der Waals surface area contributed by atoms with Crippen LogP contribution in [0.3, 0.4) is 0 Å². The van der Waals surface area contributed by atoms with Crippen molar-refractivity contribution in [2.75, 3.05) is 13.1 Å². The molecular weight excluding hydrogens is 366 g/mol. The number of hydrogen-bond donors (Lipinski definition) is 0. The lowest BCUT2D eigenvalue weighted by Gasteiger charge is -2.30. The molecular formula is C28H43NO. The molecule has 1 aliphatic carbocycles. The Kier molecular flexibility index (Phi) is 9.99. The third-order valence-corrected chi connectivity index (χ3v) is 6.98. The molecule has 2 aliphatic rings. The van der Waals surface area contributed by atoms with Crippen molar-refractivity contribution in [1.29, 1.82) is 0 Å². The molecule has 166 valence electrons. The SMILES string of the molecule is CCCCCCCCCCCCCCCCN1CCC(=O)C2=C1Cc1ccccc12. The van der Waals surface area contributed by atoms with E-state index in [0.717, 1.165) is 25.1 Å². The van der Waals surface area contributed by atoms with Gasteiger partial charge in [-0.15, -0.1) is 0 Å². The van der Waals surface area contributed by atoms with Crippen LogP contribution in [0.1, 0.15) is 114 Å². The summed E-state index contributed by atoms with van der Waals surface area (Å²) in [7, 11) is 0. The lowest BCUT2D eigenvalue weighted by molar-refractivity contribution is -0.114. The van der Waals surface area contributed by atoms with Crippen molar-refractivity contribution in [2.24, 2.45) is 0 Å². The smallest absolute Gasteiger partial charge is 0.167 e. The van der Waals surface area contributed by atoms with Gasteiger partial charge in [0.15, 0.2) is 5.78 Å². The van der Waals surface area contributed by atoms with E-state index in [9.17, 15) is 4.79 Å². The number of allylic oxidation sites excluding steroid dienone is 2. The second-order valence-corrected chi connectivity index (χ2v) is 9.41. The number of fused-ring (bicyclic) bond motifs is 2. The van der Waals surface area contributed by atoms with Crippen LogP contribution in [-0.4, -0.2) is 23.8 Å². The first-order chi connectivity index (χ1) is 14.8. The molecule has 0 bridgehead atoms. The summed E-state index contributed by atoms with van der Waals surface area (Å²) in [6.07, 6.45) is 21.3. The van der Waals surface area contributed by atoms with Crippen molar-refractivity contribution in [3.05, 3.63) is 41.1 Å². The van der Waals surface area contributed by atoms with E-state index >= 15 is 0 Å². The molecule has 0 spiro atoms. The van der Waals surface area contributed by atoms with Gasteiger partial charge in [-0.3, -0.25) is 4.79 Å². The van der Waals surface area contributed by atoms with E-state index in [1.54, 1.807) is 0 Å². The number of carbonyl (C=O) groups excluding carboxylic acids is 1. The largest absolute Gasteiger partial charge is 0.373 e. The molecule has 0 atom stereocenters. The quantitative estimate of drug-likeness (QED) is 0.276. The van der Waals surface area contributed by atoms with Crippen molar-refractivity contribution in [3.63, 3.8) is 0 Å². The van der Waals surface area contributed by atoms with E-state index in [1.807, 2.05) is 0 Å². The number of benzene rings is 1. The normalized spacial score (nSPS) is 15.6. The molecule has 1 aliphatic heterocycles. The molecule has 2 heteroatoms. The van der Waals surface area contributed by atoms with Crippen LogP contribution in [0.25, 0.3) is 5.57 Å². The first-order valence-corrected chi connectivity index (χ1v) is 12.9. The van der Waals surface area contributed by atoms with Crippen LogP contribution in [-0.2, 0) is 11.2 Å². The Labute approximate surface area is 185 Å². The molecule has 0 amide bonds. The number of rotatable bonds is 15. The van der Waals surface area contributed by atoms with Gasteiger partial charge in [0.05, 0.1) is 0 Å². The highest BCUT2D eigenvalue weighted by Crippen LogP contribution is 2.38. The number of ketones is 1. The Morgan fingerprint density at radius 1 is 0.767 bits per heavy atom. The fourth-order valence-corrected chi connectivity index (χ4v) is 5.16. The Hall–Kier alpha value is -1.57. The van der Waals surface area contributed by atoms with Crippen molar-refractivity contribution < 1.29 is 4.79 Å². The minimum Gasteiger partial charge on any atom is -0.373 e. The summed E-state index contributed by atoms with van der Waals surface area (Å²) in [5, 5.41) is 0. The number of carbonyl (C=O) groups is 1. The second kappa shape index (κ2) is 13.0. The maximum absolute atomic E-state index is 12.5. The summed E-state index contributed by atoms with van der Waals surface area (Å²) in [4.78, 5) is 15.0. The van der Waals surface area contributed by atoms with Gasteiger partial charge in [0.25, 0.3) is 0 Å². The molecule has 0 N–H and O–H groups in total. The van der Waals surface area contributed by atoms with Crippen LogP contribution >= 0.6 is 0 Å². The number of hydrogen-bond acceptors (Lipinski definition) is 2. The van der Waals surface area contributed by atoms with Gasteiger partial charge < -0.3 is 4.90 Å². The van der Waals surface area contributed by atoms with E-state index in [1.165, 1.54) is 107 Å². The van der Waals surface area contributed by atoms with Gasteiger partial charge in [0.1, 0.15) is 0 Å². The highest BCUT2D eigenvalue weighted by molar-refractivity contribution is 6.23. The van der Waals surface area contributed by atoms with E-state index in [4.69, 9.17) is 0 Å². The predicted octanol–water partition coefficient (Wildman–Crippen LogP) is 7.71. The summed E-state index contributed by atoms with van der Waals surface area (Å²) in [6.45, 7) is 4.33. The first-order valence-electron chi connectivity index (χ1n) is 12.9. The maximum Gasteiger partial charge on any atom is 0.167 e. The van der Waals surface area contributed by atoms with Crippen LogP contribution in [0.15, 0.2) is 30.0 Å².